The quantitative estimate of drug-likeness (QED) is 0.746. The molecule has 0 saturated carbocycles. The van der Waals surface area contributed by atoms with Gasteiger partial charge in [-0.2, -0.15) is 0 Å². The Morgan fingerprint density at radius 3 is 2.50 bits per heavy atom. The summed E-state index contributed by atoms with van der Waals surface area (Å²) in [5.41, 5.74) is -1.46. The molecule has 0 bridgehead atoms. The van der Waals surface area contributed by atoms with Gasteiger partial charge in [0.25, 0.3) is 5.91 Å². The number of aliphatic hydroxyl groups is 1. The summed E-state index contributed by atoms with van der Waals surface area (Å²) in [4.78, 5) is 13.4. The van der Waals surface area contributed by atoms with Crippen LogP contribution in [0, 0.1) is 5.41 Å². The number of hydrogen-bond donors (Lipinski definition) is 1. The highest BCUT2D eigenvalue weighted by Gasteiger charge is 2.53. The van der Waals surface area contributed by atoms with E-state index in [1.807, 2.05) is 13.8 Å². The van der Waals surface area contributed by atoms with Crippen LogP contribution in [-0.4, -0.2) is 35.1 Å². The molecule has 1 unspecified atom stereocenters. The molecule has 0 spiro atoms. The third-order valence-electron chi connectivity index (χ3n) is 3.50. The minimum absolute atomic E-state index is 0.115. The van der Waals surface area contributed by atoms with E-state index in [4.69, 9.17) is 0 Å². The van der Waals surface area contributed by atoms with E-state index in [1.165, 1.54) is 0 Å². The van der Waals surface area contributed by atoms with Crippen molar-refractivity contribution < 1.29 is 9.90 Å². The summed E-state index contributed by atoms with van der Waals surface area (Å²) in [5, 5.41) is 10.4. The van der Waals surface area contributed by atoms with Gasteiger partial charge in [-0.15, -0.1) is 0 Å². The summed E-state index contributed by atoms with van der Waals surface area (Å²) in [7, 11) is 1.75. The summed E-state index contributed by atoms with van der Waals surface area (Å²) in [5.74, 6) is -0.115. The van der Waals surface area contributed by atoms with Crippen LogP contribution in [0.15, 0.2) is 0 Å². The molecule has 1 N–H and O–H groups in total. The predicted octanol–water partition coefficient (Wildman–Crippen LogP) is 1.41. The van der Waals surface area contributed by atoms with Crippen LogP contribution in [0.5, 0.6) is 0 Å². The van der Waals surface area contributed by atoms with Gasteiger partial charge in [-0.05, 0) is 6.42 Å². The monoisotopic (exact) mass is 199 g/mol. The van der Waals surface area contributed by atoms with Crippen molar-refractivity contribution in [3.63, 3.8) is 0 Å². The van der Waals surface area contributed by atoms with Crippen LogP contribution in [0.1, 0.15) is 40.0 Å². The number of hydrogen-bond acceptors (Lipinski definition) is 2. The molecule has 3 heteroatoms. The number of likely N-dealkylation sites (tertiary alicyclic amines) is 1. The van der Waals surface area contributed by atoms with Gasteiger partial charge in [-0.3, -0.25) is 4.79 Å². The number of carbonyl (C=O) groups excluding carboxylic acids is 1. The Morgan fingerprint density at radius 2 is 2.14 bits per heavy atom. The number of rotatable bonds is 3. The fourth-order valence-corrected chi connectivity index (χ4v) is 2.31. The molecule has 1 fully saturated rings. The van der Waals surface area contributed by atoms with Crippen molar-refractivity contribution in [3.05, 3.63) is 0 Å². The normalized spacial score (nSPS) is 28.6. The molecule has 1 heterocycles. The first-order valence-electron chi connectivity index (χ1n) is 5.33. The standard InChI is InChI=1S/C11H21NO2/c1-5-6-10(2,3)11(14)7-8-12(4)9(11)13/h14H,5-8H2,1-4H3. The van der Waals surface area contributed by atoms with Gasteiger partial charge in [-0.25, -0.2) is 0 Å². The maximum atomic E-state index is 11.8. The lowest BCUT2D eigenvalue weighted by Crippen LogP contribution is -2.50. The SMILES string of the molecule is CCCC(C)(C)C1(O)CCN(C)C1=O. The largest absolute Gasteiger partial charge is 0.379 e. The summed E-state index contributed by atoms with van der Waals surface area (Å²) in [6, 6.07) is 0. The minimum atomic E-state index is -1.14. The van der Waals surface area contributed by atoms with Gasteiger partial charge in [0.2, 0.25) is 0 Å². The second kappa shape index (κ2) is 3.54. The van der Waals surface area contributed by atoms with Crippen molar-refractivity contribution >= 4 is 5.91 Å². The van der Waals surface area contributed by atoms with Crippen molar-refractivity contribution in [2.24, 2.45) is 5.41 Å². The smallest absolute Gasteiger partial charge is 0.254 e. The van der Waals surface area contributed by atoms with Gasteiger partial charge in [0, 0.05) is 25.4 Å². The van der Waals surface area contributed by atoms with Crippen LogP contribution in [0.2, 0.25) is 0 Å². The molecule has 0 aromatic carbocycles. The van der Waals surface area contributed by atoms with E-state index < -0.39 is 5.60 Å². The van der Waals surface area contributed by atoms with Gasteiger partial charge in [0.05, 0.1) is 0 Å². The highest BCUT2D eigenvalue weighted by atomic mass is 16.3. The van der Waals surface area contributed by atoms with E-state index in [2.05, 4.69) is 6.92 Å². The minimum Gasteiger partial charge on any atom is -0.379 e. The molecule has 0 aliphatic carbocycles. The lowest BCUT2D eigenvalue weighted by Gasteiger charge is -2.38. The fourth-order valence-electron chi connectivity index (χ4n) is 2.31. The predicted molar refractivity (Wildman–Crippen MR) is 55.9 cm³/mol. The summed E-state index contributed by atoms with van der Waals surface area (Å²) in [6.07, 6.45) is 2.44. The van der Waals surface area contributed by atoms with Crippen molar-refractivity contribution in [3.8, 4) is 0 Å². The molecule has 0 radical (unpaired) electrons. The van der Waals surface area contributed by atoms with E-state index in [0.29, 0.717) is 13.0 Å². The molecule has 1 rings (SSSR count). The van der Waals surface area contributed by atoms with Crippen molar-refractivity contribution in [1.29, 1.82) is 0 Å². The van der Waals surface area contributed by atoms with E-state index in [0.717, 1.165) is 12.8 Å². The van der Waals surface area contributed by atoms with Crippen LogP contribution in [0.3, 0.4) is 0 Å². The summed E-state index contributed by atoms with van der Waals surface area (Å²) < 4.78 is 0. The van der Waals surface area contributed by atoms with Crippen LogP contribution in [-0.2, 0) is 4.79 Å². The third-order valence-corrected chi connectivity index (χ3v) is 3.50. The van der Waals surface area contributed by atoms with Gasteiger partial charge >= 0.3 is 0 Å². The topological polar surface area (TPSA) is 40.5 Å². The zero-order valence-corrected chi connectivity index (χ0v) is 9.63. The first-order valence-corrected chi connectivity index (χ1v) is 5.33. The zero-order valence-electron chi connectivity index (χ0n) is 9.63. The average Bonchev–Trinajstić information content (AvgIpc) is 2.35. The molecule has 1 amide bonds. The highest BCUT2D eigenvalue weighted by molar-refractivity contribution is 5.87. The lowest BCUT2D eigenvalue weighted by molar-refractivity contribution is -0.154. The Labute approximate surface area is 86.1 Å². The highest BCUT2D eigenvalue weighted by Crippen LogP contribution is 2.42. The van der Waals surface area contributed by atoms with Gasteiger partial charge < -0.3 is 10.0 Å². The van der Waals surface area contributed by atoms with E-state index in [9.17, 15) is 9.90 Å². The Bertz CT molecular complexity index is 237. The first kappa shape index (κ1) is 11.5. The molecule has 1 saturated heterocycles. The van der Waals surface area contributed by atoms with Crippen LogP contribution >= 0.6 is 0 Å². The molecule has 1 atom stereocenters. The Kier molecular flexibility index (Phi) is 2.91. The Morgan fingerprint density at radius 1 is 1.57 bits per heavy atom. The number of nitrogens with zero attached hydrogens (tertiary/aromatic N) is 1. The van der Waals surface area contributed by atoms with Crippen LogP contribution in [0.4, 0.5) is 0 Å². The molecule has 0 aromatic rings. The molecular formula is C11H21NO2. The van der Waals surface area contributed by atoms with E-state index in [1.54, 1.807) is 11.9 Å². The molecule has 1 aliphatic rings. The number of likely N-dealkylation sites (N-methyl/N-ethyl adjacent to an activating group) is 1. The molecule has 1 aliphatic heterocycles. The van der Waals surface area contributed by atoms with Crippen molar-refractivity contribution in [2.45, 2.75) is 45.6 Å². The second-order valence-electron chi connectivity index (χ2n) is 4.97. The fraction of sp³-hybridized carbons (Fsp3) is 0.909. The molecule has 82 valence electrons. The first-order chi connectivity index (χ1) is 6.35. The molecule has 14 heavy (non-hydrogen) atoms. The van der Waals surface area contributed by atoms with Gasteiger partial charge in [-0.1, -0.05) is 27.2 Å². The number of carbonyl (C=O) groups is 1. The third kappa shape index (κ3) is 1.54. The van der Waals surface area contributed by atoms with Crippen LogP contribution < -0.4 is 0 Å². The molecule has 3 nitrogen and oxygen atoms in total. The Hall–Kier alpha value is -0.570. The summed E-state index contributed by atoms with van der Waals surface area (Å²) in [6.45, 7) is 6.71. The lowest BCUT2D eigenvalue weighted by atomic mass is 9.71. The van der Waals surface area contributed by atoms with Crippen molar-refractivity contribution in [2.75, 3.05) is 13.6 Å². The Balaban J connectivity index is 2.89. The number of amides is 1. The van der Waals surface area contributed by atoms with Gasteiger partial charge in [0.1, 0.15) is 5.60 Å². The maximum Gasteiger partial charge on any atom is 0.254 e. The second-order valence-corrected chi connectivity index (χ2v) is 4.97. The van der Waals surface area contributed by atoms with E-state index in [-0.39, 0.29) is 11.3 Å². The molecule has 0 aromatic heterocycles. The molecular weight excluding hydrogens is 178 g/mol. The summed E-state index contributed by atoms with van der Waals surface area (Å²) >= 11 is 0. The van der Waals surface area contributed by atoms with Crippen LogP contribution in [0.25, 0.3) is 0 Å². The maximum absolute atomic E-state index is 11.8. The van der Waals surface area contributed by atoms with E-state index >= 15 is 0 Å². The average molecular weight is 199 g/mol. The van der Waals surface area contributed by atoms with Crippen molar-refractivity contribution in [1.82, 2.24) is 4.90 Å². The van der Waals surface area contributed by atoms with Gasteiger partial charge in [0.15, 0.2) is 0 Å². The zero-order chi connectivity index (χ0) is 11.0.